The van der Waals surface area contributed by atoms with Gasteiger partial charge >= 0.3 is 0 Å². The molecule has 1 aliphatic carbocycles. The largest absolute Gasteiger partial charge is 0.492 e. The first kappa shape index (κ1) is 12.7. The van der Waals surface area contributed by atoms with Crippen molar-refractivity contribution in [2.75, 3.05) is 13.2 Å². The van der Waals surface area contributed by atoms with E-state index in [-0.39, 0.29) is 12.0 Å². The molecule has 3 heteroatoms. The fourth-order valence-electron chi connectivity index (χ4n) is 2.43. The molecule has 0 atom stereocenters. The number of hydrogen-bond donors (Lipinski definition) is 1. The average molecular weight is 255 g/mol. The van der Waals surface area contributed by atoms with E-state index in [1.165, 1.54) is 12.0 Å². The van der Waals surface area contributed by atoms with Gasteiger partial charge in [-0.05, 0) is 49.3 Å². The SMILES string of the molecule is CCOc1ccc(CC2(CO)CCC2)cc1Cl. The lowest BCUT2D eigenvalue weighted by molar-refractivity contribution is 0.0450. The van der Waals surface area contributed by atoms with Crippen LogP contribution < -0.4 is 4.74 Å². The maximum atomic E-state index is 9.45. The Bertz CT molecular complexity index is 380. The molecular weight excluding hydrogens is 236 g/mol. The van der Waals surface area contributed by atoms with Crippen molar-refractivity contribution in [1.82, 2.24) is 0 Å². The van der Waals surface area contributed by atoms with E-state index in [2.05, 4.69) is 0 Å². The second-order valence-electron chi connectivity index (χ2n) is 4.89. The fraction of sp³-hybridized carbons (Fsp3) is 0.571. The van der Waals surface area contributed by atoms with Crippen molar-refractivity contribution in [3.63, 3.8) is 0 Å². The molecule has 1 aromatic rings. The van der Waals surface area contributed by atoms with Gasteiger partial charge in [0.25, 0.3) is 0 Å². The second kappa shape index (κ2) is 5.28. The highest BCUT2D eigenvalue weighted by Gasteiger charge is 2.36. The molecule has 0 amide bonds. The van der Waals surface area contributed by atoms with Crippen LogP contribution in [0.3, 0.4) is 0 Å². The second-order valence-corrected chi connectivity index (χ2v) is 5.29. The van der Waals surface area contributed by atoms with Gasteiger partial charge in [-0.1, -0.05) is 24.1 Å². The molecular formula is C14H19ClO2. The van der Waals surface area contributed by atoms with Crippen LogP contribution in [0, 0.1) is 5.41 Å². The predicted octanol–water partition coefficient (Wildman–Crippen LogP) is 3.44. The summed E-state index contributed by atoms with van der Waals surface area (Å²) in [7, 11) is 0. The molecule has 0 aliphatic heterocycles. The van der Waals surface area contributed by atoms with Gasteiger partial charge in [0.2, 0.25) is 0 Å². The molecule has 1 N–H and O–H groups in total. The van der Waals surface area contributed by atoms with E-state index in [1.807, 2.05) is 25.1 Å². The molecule has 0 saturated heterocycles. The number of hydrogen-bond acceptors (Lipinski definition) is 2. The summed E-state index contributed by atoms with van der Waals surface area (Å²) in [5.41, 5.74) is 1.29. The average Bonchev–Trinajstić information content (AvgIpc) is 2.27. The van der Waals surface area contributed by atoms with Crippen LogP contribution in [0.25, 0.3) is 0 Å². The monoisotopic (exact) mass is 254 g/mol. The summed E-state index contributed by atoms with van der Waals surface area (Å²) in [6, 6.07) is 5.93. The van der Waals surface area contributed by atoms with Gasteiger partial charge in [-0.15, -0.1) is 0 Å². The van der Waals surface area contributed by atoms with E-state index >= 15 is 0 Å². The summed E-state index contributed by atoms with van der Waals surface area (Å²) >= 11 is 6.15. The minimum absolute atomic E-state index is 0.108. The molecule has 1 fully saturated rings. The molecule has 0 aromatic heterocycles. The molecule has 94 valence electrons. The van der Waals surface area contributed by atoms with Crippen molar-refractivity contribution in [2.24, 2.45) is 5.41 Å². The number of aliphatic hydroxyl groups excluding tert-OH is 1. The molecule has 2 nitrogen and oxygen atoms in total. The van der Waals surface area contributed by atoms with Crippen LogP contribution in [-0.4, -0.2) is 18.3 Å². The Morgan fingerprint density at radius 3 is 2.65 bits per heavy atom. The lowest BCUT2D eigenvalue weighted by atomic mass is 9.66. The van der Waals surface area contributed by atoms with Crippen LogP contribution in [0.2, 0.25) is 5.02 Å². The standard InChI is InChI=1S/C14H19ClO2/c1-2-17-13-5-4-11(8-12(13)15)9-14(10-16)6-3-7-14/h4-5,8,16H,2-3,6-7,9-10H2,1H3. The Morgan fingerprint density at radius 1 is 1.41 bits per heavy atom. The highest BCUT2D eigenvalue weighted by atomic mass is 35.5. The van der Waals surface area contributed by atoms with E-state index in [0.29, 0.717) is 11.6 Å². The number of halogens is 1. The first-order valence-corrected chi connectivity index (χ1v) is 6.59. The van der Waals surface area contributed by atoms with Crippen LogP contribution in [0.5, 0.6) is 5.75 Å². The first-order chi connectivity index (χ1) is 8.19. The lowest BCUT2D eigenvalue weighted by Crippen LogP contribution is -2.35. The van der Waals surface area contributed by atoms with Crippen molar-refractivity contribution < 1.29 is 9.84 Å². The molecule has 2 rings (SSSR count). The van der Waals surface area contributed by atoms with Crippen LogP contribution in [0.15, 0.2) is 18.2 Å². The minimum atomic E-state index is 0.108. The van der Waals surface area contributed by atoms with Gasteiger partial charge in [0.15, 0.2) is 0 Å². The third-order valence-corrected chi connectivity index (χ3v) is 3.92. The molecule has 1 saturated carbocycles. The molecule has 0 spiro atoms. The summed E-state index contributed by atoms with van der Waals surface area (Å²) in [5, 5.41) is 10.1. The molecule has 0 radical (unpaired) electrons. The molecule has 0 bridgehead atoms. The number of rotatable bonds is 5. The fourth-order valence-corrected chi connectivity index (χ4v) is 2.69. The number of aliphatic hydroxyl groups is 1. The van der Waals surface area contributed by atoms with Gasteiger partial charge in [-0.25, -0.2) is 0 Å². The summed E-state index contributed by atoms with van der Waals surface area (Å²) in [6.07, 6.45) is 4.38. The lowest BCUT2D eigenvalue weighted by Gasteiger charge is -2.40. The molecule has 0 unspecified atom stereocenters. The molecule has 1 aliphatic rings. The zero-order chi connectivity index (χ0) is 12.3. The van der Waals surface area contributed by atoms with Crippen LogP contribution >= 0.6 is 11.6 Å². The van der Waals surface area contributed by atoms with Gasteiger partial charge in [-0.3, -0.25) is 0 Å². The molecule has 1 aromatic carbocycles. The summed E-state index contributed by atoms with van der Waals surface area (Å²) in [5.74, 6) is 0.740. The van der Waals surface area contributed by atoms with Crippen molar-refractivity contribution in [3.05, 3.63) is 28.8 Å². The quantitative estimate of drug-likeness (QED) is 0.872. The predicted molar refractivity (Wildman–Crippen MR) is 69.7 cm³/mol. The van der Waals surface area contributed by atoms with Crippen LogP contribution in [-0.2, 0) is 6.42 Å². The van der Waals surface area contributed by atoms with E-state index in [0.717, 1.165) is 25.0 Å². The topological polar surface area (TPSA) is 29.5 Å². The minimum Gasteiger partial charge on any atom is -0.492 e. The Balaban J connectivity index is 2.09. The normalized spacial score (nSPS) is 17.6. The highest BCUT2D eigenvalue weighted by Crippen LogP contribution is 2.43. The Hall–Kier alpha value is -0.730. The smallest absolute Gasteiger partial charge is 0.137 e. The third kappa shape index (κ3) is 2.75. The first-order valence-electron chi connectivity index (χ1n) is 6.21. The molecule has 17 heavy (non-hydrogen) atoms. The zero-order valence-corrected chi connectivity index (χ0v) is 11.0. The summed E-state index contributed by atoms with van der Waals surface area (Å²) in [4.78, 5) is 0. The Kier molecular flexibility index (Phi) is 3.95. The maximum Gasteiger partial charge on any atom is 0.137 e. The van der Waals surface area contributed by atoms with E-state index < -0.39 is 0 Å². The zero-order valence-electron chi connectivity index (χ0n) is 10.2. The summed E-state index contributed by atoms with van der Waals surface area (Å²) in [6.45, 7) is 2.84. The van der Waals surface area contributed by atoms with Crippen LogP contribution in [0.1, 0.15) is 31.7 Å². The van der Waals surface area contributed by atoms with Gasteiger partial charge in [0, 0.05) is 6.61 Å². The van der Waals surface area contributed by atoms with Gasteiger partial charge in [0.1, 0.15) is 5.75 Å². The van der Waals surface area contributed by atoms with Crippen molar-refractivity contribution in [3.8, 4) is 5.75 Å². The number of ether oxygens (including phenoxy) is 1. The van der Waals surface area contributed by atoms with Gasteiger partial charge in [0.05, 0.1) is 11.6 Å². The van der Waals surface area contributed by atoms with Crippen molar-refractivity contribution in [1.29, 1.82) is 0 Å². The van der Waals surface area contributed by atoms with Crippen LogP contribution in [0.4, 0.5) is 0 Å². The highest BCUT2D eigenvalue weighted by molar-refractivity contribution is 6.32. The third-order valence-electron chi connectivity index (χ3n) is 3.62. The van der Waals surface area contributed by atoms with E-state index in [9.17, 15) is 5.11 Å². The van der Waals surface area contributed by atoms with E-state index in [1.54, 1.807) is 0 Å². The summed E-state index contributed by atoms with van der Waals surface area (Å²) < 4.78 is 5.41. The Morgan fingerprint density at radius 2 is 2.18 bits per heavy atom. The number of benzene rings is 1. The maximum absolute atomic E-state index is 9.45. The van der Waals surface area contributed by atoms with Crippen molar-refractivity contribution >= 4 is 11.6 Å². The van der Waals surface area contributed by atoms with E-state index in [4.69, 9.17) is 16.3 Å². The molecule has 0 heterocycles. The van der Waals surface area contributed by atoms with Gasteiger partial charge < -0.3 is 9.84 Å². The van der Waals surface area contributed by atoms with Gasteiger partial charge in [-0.2, -0.15) is 0 Å². The van der Waals surface area contributed by atoms with Crippen molar-refractivity contribution in [2.45, 2.75) is 32.6 Å². The Labute approximate surface area is 108 Å².